The molecule has 0 saturated carbocycles. The van der Waals surface area contributed by atoms with Gasteiger partial charge in [0.25, 0.3) is 11.5 Å². The molecule has 1 aromatic heterocycles. The maximum absolute atomic E-state index is 13.3. The number of carbonyl (C=O) groups is 1. The van der Waals surface area contributed by atoms with E-state index < -0.39 is 5.91 Å². The topological polar surface area (TPSA) is 93.4 Å². The van der Waals surface area contributed by atoms with Crippen LogP contribution in [0, 0.1) is 17.1 Å². The molecular weight excluding hydrogens is 457 g/mol. The zero-order valence-corrected chi connectivity index (χ0v) is 19.7. The van der Waals surface area contributed by atoms with Crippen LogP contribution in [-0.2, 0) is 16.1 Å². The zero-order chi connectivity index (χ0) is 24.5. The average Bonchev–Trinajstić information content (AvgIpc) is 3.12. The molecule has 0 unspecified atom stereocenters. The van der Waals surface area contributed by atoms with Crippen molar-refractivity contribution in [3.8, 4) is 11.8 Å². The molecule has 0 radical (unpaired) electrons. The van der Waals surface area contributed by atoms with Crippen LogP contribution in [0.15, 0.2) is 53.3 Å². The Labute approximate surface area is 200 Å². The van der Waals surface area contributed by atoms with Gasteiger partial charge < -0.3 is 14.8 Å². The average molecular weight is 482 g/mol. The van der Waals surface area contributed by atoms with Crippen molar-refractivity contribution < 1.29 is 18.7 Å². The van der Waals surface area contributed by atoms with Crippen molar-refractivity contribution in [3.05, 3.63) is 79.5 Å². The summed E-state index contributed by atoms with van der Waals surface area (Å²) in [6, 6.07) is 14.6. The Morgan fingerprint density at radius 1 is 1.24 bits per heavy atom. The number of rotatable bonds is 9. The summed E-state index contributed by atoms with van der Waals surface area (Å²) in [5.41, 5.74) is 0.522. The number of halogens is 1. The number of carbonyl (C=O) groups excluding carboxylic acids is 1. The van der Waals surface area contributed by atoms with Gasteiger partial charge in [0, 0.05) is 20.3 Å². The Morgan fingerprint density at radius 3 is 2.65 bits per heavy atom. The lowest BCUT2D eigenvalue weighted by atomic mass is 10.2. The highest BCUT2D eigenvalue weighted by Crippen LogP contribution is 2.24. The molecule has 176 valence electrons. The van der Waals surface area contributed by atoms with Crippen molar-refractivity contribution in [2.45, 2.75) is 19.9 Å². The fourth-order valence-electron chi connectivity index (χ4n) is 3.22. The predicted octanol–water partition coefficient (Wildman–Crippen LogP) is 2.63. The number of para-hydroxylation sites is 2. The van der Waals surface area contributed by atoms with Crippen LogP contribution < -0.4 is 24.8 Å². The Balaban J connectivity index is 2.12. The molecule has 0 aliphatic heterocycles. The maximum Gasteiger partial charge on any atom is 0.269 e. The van der Waals surface area contributed by atoms with Crippen LogP contribution in [0.2, 0.25) is 0 Å². The lowest BCUT2D eigenvalue weighted by Crippen LogP contribution is -2.34. The number of nitrogens with zero attached hydrogens (tertiary/aromatic N) is 2. The van der Waals surface area contributed by atoms with E-state index in [-0.39, 0.29) is 28.2 Å². The molecule has 1 amide bonds. The van der Waals surface area contributed by atoms with Crippen molar-refractivity contribution in [3.63, 3.8) is 0 Å². The van der Waals surface area contributed by atoms with Crippen LogP contribution in [0.25, 0.3) is 11.6 Å². The van der Waals surface area contributed by atoms with Gasteiger partial charge >= 0.3 is 0 Å². The van der Waals surface area contributed by atoms with Crippen LogP contribution in [0.5, 0.6) is 5.75 Å². The number of aromatic nitrogens is 1. The minimum absolute atomic E-state index is 0.190. The Kier molecular flexibility index (Phi) is 8.73. The summed E-state index contributed by atoms with van der Waals surface area (Å²) in [7, 11) is 1.56. The fraction of sp³-hybridized carbons (Fsp3) is 0.240. The lowest BCUT2D eigenvalue weighted by molar-refractivity contribution is -0.111. The summed E-state index contributed by atoms with van der Waals surface area (Å²) in [5.74, 6) is -0.556. The first-order valence-electron chi connectivity index (χ1n) is 10.6. The molecular formula is C25H24FN3O4S. The molecule has 3 rings (SSSR count). The summed E-state index contributed by atoms with van der Waals surface area (Å²) in [6.45, 7) is 2.92. The first-order chi connectivity index (χ1) is 16.5. The minimum Gasteiger partial charge on any atom is -0.492 e. The number of anilines is 1. The van der Waals surface area contributed by atoms with Gasteiger partial charge in [-0.1, -0.05) is 24.3 Å². The van der Waals surface area contributed by atoms with Crippen molar-refractivity contribution in [2.24, 2.45) is 0 Å². The second-order valence-corrected chi connectivity index (χ2v) is 8.17. The Morgan fingerprint density at radius 2 is 1.97 bits per heavy atom. The van der Waals surface area contributed by atoms with Crippen LogP contribution in [0.1, 0.15) is 18.9 Å². The lowest BCUT2D eigenvalue weighted by Gasteiger charge is -2.11. The van der Waals surface area contributed by atoms with Gasteiger partial charge in [-0.2, -0.15) is 5.26 Å². The van der Waals surface area contributed by atoms with Gasteiger partial charge in [0.15, 0.2) is 5.57 Å². The quantitative estimate of drug-likeness (QED) is 0.475. The van der Waals surface area contributed by atoms with E-state index in [1.807, 2.05) is 13.0 Å². The molecule has 1 N–H and O–H groups in total. The highest BCUT2D eigenvalue weighted by Gasteiger charge is 2.17. The number of amides is 1. The largest absolute Gasteiger partial charge is 0.492 e. The fourth-order valence-corrected chi connectivity index (χ4v) is 4.34. The number of nitrogens with one attached hydrogen (secondary N) is 1. The third kappa shape index (κ3) is 5.98. The molecule has 7 nitrogen and oxygen atoms in total. The summed E-state index contributed by atoms with van der Waals surface area (Å²) in [6.07, 6.45) is 2.13. The molecule has 0 bridgehead atoms. The van der Waals surface area contributed by atoms with E-state index in [9.17, 15) is 19.2 Å². The standard InChI is InChI=1S/C25H24FN3O4S/c1-3-33-21-8-5-4-7-20(21)28-23(30)19(16-27)25-29(13-6-14-32-2)24(31)22(34-25)15-17-9-11-18(26)12-10-17/h4-5,7-12,15H,3,6,13-14H2,1-2H3,(H,28,30)/b22-15-,25-19-. The highest BCUT2D eigenvalue weighted by molar-refractivity contribution is 7.07. The second kappa shape index (κ2) is 11.9. The first kappa shape index (κ1) is 24.9. The SMILES string of the molecule is CCOc1ccccc1NC(=O)/C(C#N)=c1\s/c(=C\c2ccc(F)cc2)c(=O)n1CCCOC. The Bertz CT molecular complexity index is 1370. The molecule has 0 saturated heterocycles. The normalized spacial score (nSPS) is 12.2. The third-order valence-electron chi connectivity index (χ3n) is 4.79. The van der Waals surface area contributed by atoms with Crippen molar-refractivity contribution >= 4 is 34.6 Å². The summed E-state index contributed by atoms with van der Waals surface area (Å²) >= 11 is 1.04. The smallest absolute Gasteiger partial charge is 0.269 e. The van der Waals surface area contributed by atoms with Gasteiger partial charge in [0.2, 0.25) is 0 Å². The van der Waals surface area contributed by atoms with Crippen molar-refractivity contribution in [1.82, 2.24) is 4.57 Å². The second-order valence-electron chi connectivity index (χ2n) is 7.14. The van der Waals surface area contributed by atoms with Gasteiger partial charge in [0.1, 0.15) is 22.3 Å². The van der Waals surface area contributed by atoms with Crippen LogP contribution >= 0.6 is 11.3 Å². The van der Waals surface area contributed by atoms with Crippen LogP contribution in [0.4, 0.5) is 10.1 Å². The van der Waals surface area contributed by atoms with Crippen molar-refractivity contribution in [2.75, 3.05) is 25.6 Å². The van der Waals surface area contributed by atoms with E-state index in [4.69, 9.17) is 9.47 Å². The highest BCUT2D eigenvalue weighted by atomic mass is 32.1. The van der Waals surface area contributed by atoms with Gasteiger partial charge in [-0.25, -0.2) is 4.39 Å². The minimum atomic E-state index is -0.648. The zero-order valence-electron chi connectivity index (χ0n) is 18.8. The van der Waals surface area contributed by atoms with Crippen molar-refractivity contribution in [1.29, 1.82) is 5.26 Å². The van der Waals surface area contributed by atoms with E-state index in [2.05, 4.69) is 5.32 Å². The molecule has 0 spiro atoms. The molecule has 34 heavy (non-hydrogen) atoms. The molecule has 9 heteroatoms. The molecule has 0 aliphatic carbocycles. The van der Waals surface area contributed by atoms with E-state index >= 15 is 0 Å². The number of hydrogen-bond acceptors (Lipinski definition) is 6. The number of hydrogen-bond donors (Lipinski definition) is 1. The van der Waals surface area contributed by atoms with E-state index in [1.165, 1.54) is 16.7 Å². The predicted molar refractivity (Wildman–Crippen MR) is 130 cm³/mol. The van der Waals surface area contributed by atoms with E-state index in [0.717, 1.165) is 11.3 Å². The number of thiazole rings is 1. The number of methoxy groups -OCH3 is 1. The maximum atomic E-state index is 13.3. The number of nitriles is 1. The van der Waals surface area contributed by atoms with Gasteiger partial charge in [-0.05, 0) is 49.2 Å². The first-order valence-corrected chi connectivity index (χ1v) is 11.4. The molecule has 0 aliphatic rings. The number of benzene rings is 2. The molecule has 0 fully saturated rings. The number of ether oxygens (including phenoxy) is 2. The van der Waals surface area contributed by atoms with Crippen LogP contribution in [0.3, 0.4) is 0 Å². The van der Waals surface area contributed by atoms with Crippen LogP contribution in [-0.4, -0.2) is 30.8 Å². The van der Waals surface area contributed by atoms with E-state index in [0.29, 0.717) is 41.2 Å². The third-order valence-corrected chi connectivity index (χ3v) is 5.92. The molecule has 1 heterocycles. The monoisotopic (exact) mass is 481 g/mol. The molecule has 0 atom stereocenters. The van der Waals surface area contributed by atoms with Gasteiger partial charge in [-0.3, -0.25) is 14.2 Å². The van der Waals surface area contributed by atoms with E-state index in [1.54, 1.807) is 49.6 Å². The summed E-state index contributed by atoms with van der Waals surface area (Å²) in [4.78, 5) is 26.2. The Hall–Kier alpha value is -3.74. The summed E-state index contributed by atoms with van der Waals surface area (Å²) in [5, 5.41) is 12.6. The summed E-state index contributed by atoms with van der Waals surface area (Å²) < 4.78 is 25.9. The van der Waals surface area contributed by atoms with Gasteiger partial charge in [0.05, 0.1) is 16.8 Å². The van der Waals surface area contributed by atoms with Gasteiger partial charge in [-0.15, -0.1) is 11.3 Å². The molecule has 2 aromatic carbocycles. The molecule has 3 aromatic rings.